The van der Waals surface area contributed by atoms with Gasteiger partial charge in [-0.15, -0.1) is 20.5 Å². The third-order valence-electron chi connectivity index (χ3n) is 12.0. The summed E-state index contributed by atoms with van der Waals surface area (Å²) in [6, 6.07) is 18.5. The van der Waals surface area contributed by atoms with Crippen LogP contribution in [0.2, 0.25) is 0 Å². The highest BCUT2D eigenvalue weighted by Gasteiger charge is 2.26. The van der Waals surface area contributed by atoms with Crippen molar-refractivity contribution < 1.29 is 57.9 Å². The second-order valence-corrected chi connectivity index (χ2v) is 23.7. The van der Waals surface area contributed by atoms with Gasteiger partial charge in [-0.2, -0.15) is 59.5 Å². The molecule has 0 aliphatic carbocycles. The van der Waals surface area contributed by atoms with E-state index in [9.17, 15) is 49.4 Å². The summed E-state index contributed by atoms with van der Waals surface area (Å²) in [6.07, 6.45) is 0. The summed E-state index contributed by atoms with van der Waals surface area (Å²) in [7, 11) is -8.52. The zero-order chi connectivity index (χ0) is 60.4. The molecule has 34 heteroatoms. The van der Waals surface area contributed by atoms with E-state index in [-0.39, 0.29) is 101 Å². The summed E-state index contributed by atoms with van der Waals surface area (Å²) in [5, 5.41) is 45.0. The molecule has 0 fully saturated rings. The van der Waals surface area contributed by atoms with Gasteiger partial charge in [-0.1, -0.05) is 11.8 Å². The van der Waals surface area contributed by atoms with Crippen LogP contribution >= 0.6 is 34.8 Å². The van der Waals surface area contributed by atoms with E-state index in [4.69, 9.17) is 23.9 Å². The minimum atomic E-state index is -4.75. The Morgan fingerprint density at radius 3 is 1.31 bits per heavy atom. The van der Waals surface area contributed by atoms with Crippen LogP contribution in [0.25, 0.3) is 22.5 Å². The van der Waals surface area contributed by atoms with Gasteiger partial charge in [0.15, 0.2) is 15.2 Å². The SMILES string of the molecule is CCN(CC)c1cc(Nc2nc(Nc3cc(N(CC)CC)c(OC)cc3N=Nc3snc(-c4ccc(OC)c(S(=O)(=O)O)c4)c3C#N)nc(SCCS(=O)(=O)O)n2)c(N=Nc2snc(-c3ccc(OC)c(S(=O)(=O)O)c3)c2C#N)cc1OC. The number of hydrogen-bond donors (Lipinski definition) is 5. The molecule has 83 heavy (non-hydrogen) atoms. The van der Waals surface area contributed by atoms with Crippen molar-refractivity contribution in [2.24, 2.45) is 20.5 Å². The maximum Gasteiger partial charge on any atom is 0.298 e. The van der Waals surface area contributed by atoms with E-state index in [0.717, 1.165) is 47.0 Å². The highest BCUT2D eigenvalue weighted by atomic mass is 32.2. The highest BCUT2D eigenvalue weighted by molar-refractivity contribution is 8.00. The Morgan fingerprint density at radius 2 is 0.976 bits per heavy atom. The van der Waals surface area contributed by atoms with Crippen molar-refractivity contribution in [1.82, 2.24) is 23.7 Å². The number of benzene rings is 4. The molecule has 0 radical (unpaired) electrons. The fourth-order valence-corrected chi connectivity index (χ4v) is 12.4. The van der Waals surface area contributed by atoms with Crippen LogP contribution in [0.1, 0.15) is 38.8 Å². The molecule has 0 atom stereocenters. The van der Waals surface area contributed by atoms with E-state index >= 15 is 0 Å². The Bertz CT molecular complexity index is 3830. The maximum absolute atomic E-state index is 12.2. The number of nitrogens with one attached hydrogen (secondary N) is 2. The molecular formula is C49H51N15O13S6. The summed E-state index contributed by atoms with van der Waals surface area (Å²) < 4.78 is 133. The number of nitrogens with zero attached hydrogens (tertiary/aromatic N) is 13. The van der Waals surface area contributed by atoms with Crippen molar-refractivity contribution in [2.75, 3.05) is 86.6 Å². The van der Waals surface area contributed by atoms with Crippen LogP contribution in [0, 0.1) is 22.7 Å². The van der Waals surface area contributed by atoms with Crippen molar-refractivity contribution >= 4 is 121 Å². The molecule has 0 saturated carbocycles. The van der Waals surface area contributed by atoms with E-state index in [0.29, 0.717) is 49.1 Å². The standard InChI is InChI=1S/C49H51N15O13S6/c1-9-63(10-2)35-21-31(33(23-39(35)76-7)57-59-45-29(25-50)43(61-79-45)27-13-15-37(74-5)41(19-27)82(68,69)70)52-47-54-48(56-49(55-47)78-17-18-81(65,66)67)53-32-22-36(64(11-3)12-4)40(77-8)24-34(32)58-60-46-30(26-51)44(62-80-46)28-14-16-38(75-6)42(20-28)83(71,72)73/h13-16,19-24H,9-12,17-18H2,1-8H3,(H,65,66,67)(H,68,69,70)(H,71,72,73)(H2,52,53,54,55,56). The average Bonchev–Trinajstić information content (AvgIpc) is 3.76. The van der Waals surface area contributed by atoms with Gasteiger partial charge in [-0.3, -0.25) is 13.7 Å². The topological polar surface area (TPSA) is 392 Å². The molecule has 4 aromatic carbocycles. The Hall–Kier alpha value is -8.19. The van der Waals surface area contributed by atoms with Gasteiger partial charge in [0.2, 0.25) is 11.9 Å². The number of methoxy groups -OCH3 is 4. The molecule has 3 aromatic heterocycles. The zero-order valence-corrected chi connectivity index (χ0v) is 50.1. The lowest BCUT2D eigenvalue weighted by molar-refractivity contribution is 0.397. The maximum atomic E-state index is 12.2. The van der Waals surface area contributed by atoms with Crippen molar-refractivity contribution in [1.29, 1.82) is 10.5 Å². The monoisotopic (exact) mass is 1250 g/mol. The van der Waals surface area contributed by atoms with Crippen molar-refractivity contribution in [3.63, 3.8) is 0 Å². The van der Waals surface area contributed by atoms with Crippen molar-refractivity contribution in [3.05, 3.63) is 71.8 Å². The molecule has 3 heterocycles. The predicted molar refractivity (Wildman–Crippen MR) is 312 cm³/mol. The van der Waals surface area contributed by atoms with Gasteiger partial charge in [0.1, 0.15) is 78.8 Å². The van der Waals surface area contributed by atoms with Crippen LogP contribution in [0.5, 0.6) is 23.0 Å². The smallest absolute Gasteiger partial charge is 0.298 e. The van der Waals surface area contributed by atoms with E-state index in [1.807, 2.05) is 37.5 Å². The zero-order valence-electron chi connectivity index (χ0n) is 45.2. The number of nitriles is 2. The lowest BCUT2D eigenvalue weighted by Gasteiger charge is -2.25. The molecule has 0 amide bonds. The summed E-state index contributed by atoms with van der Waals surface area (Å²) in [5.41, 5.74) is 2.23. The quantitative estimate of drug-likeness (QED) is 0.0191. The second kappa shape index (κ2) is 26.8. The highest BCUT2D eigenvalue weighted by Crippen LogP contribution is 2.45. The molecule has 0 bridgehead atoms. The molecule has 7 aromatic rings. The molecule has 7 rings (SSSR count). The molecule has 0 spiro atoms. The van der Waals surface area contributed by atoms with Gasteiger partial charge in [-0.25, -0.2) is 0 Å². The van der Waals surface area contributed by atoms with Crippen LogP contribution in [-0.2, 0) is 30.4 Å². The molecule has 28 nitrogen and oxygen atoms in total. The first-order valence-electron chi connectivity index (χ1n) is 24.3. The molecule has 0 aliphatic heterocycles. The molecule has 0 saturated heterocycles. The average molecular weight is 1250 g/mol. The van der Waals surface area contributed by atoms with Gasteiger partial charge in [0.05, 0.1) is 56.9 Å². The van der Waals surface area contributed by atoms with Gasteiger partial charge in [0, 0.05) is 55.2 Å². The number of ether oxygens (including phenoxy) is 4. The largest absolute Gasteiger partial charge is 0.495 e. The molecule has 0 unspecified atom stereocenters. The molecule has 0 aliphatic rings. The number of azo groups is 2. The Balaban J connectivity index is 1.35. The summed E-state index contributed by atoms with van der Waals surface area (Å²) in [5.74, 6) is -0.611. The first-order valence-corrected chi connectivity index (χ1v) is 31.3. The molecule has 436 valence electrons. The van der Waals surface area contributed by atoms with Crippen LogP contribution < -0.4 is 39.4 Å². The summed E-state index contributed by atoms with van der Waals surface area (Å²) in [4.78, 5) is 16.8. The third-order valence-corrected chi connectivity index (χ3v) is 17.0. The summed E-state index contributed by atoms with van der Waals surface area (Å²) in [6.45, 7) is 9.94. The molecule has 5 N–H and O–H groups in total. The summed E-state index contributed by atoms with van der Waals surface area (Å²) >= 11 is 2.46. The lowest BCUT2D eigenvalue weighted by atomic mass is 10.1. The van der Waals surface area contributed by atoms with E-state index in [2.05, 4.69) is 61.9 Å². The molecular weight excluding hydrogens is 1200 g/mol. The fourth-order valence-electron chi connectivity index (χ4n) is 7.99. The van der Waals surface area contributed by atoms with Gasteiger partial charge < -0.3 is 39.4 Å². The number of rotatable bonds is 26. The minimum absolute atomic E-state index is 0.0203. The number of hydrogen-bond acceptors (Lipinski definition) is 28. The van der Waals surface area contributed by atoms with Gasteiger partial charge in [-0.05, 0) is 99.3 Å². The van der Waals surface area contributed by atoms with Crippen molar-refractivity contribution in [2.45, 2.75) is 42.6 Å². The predicted octanol–water partition coefficient (Wildman–Crippen LogP) is 10.4. The number of anilines is 6. The van der Waals surface area contributed by atoms with Crippen LogP contribution in [0.15, 0.2) is 96.1 Å². The Morgan fingerprint density at radius 1 is 0.578 bits per heavy atom. The van der Waals surface area contributed by atoms with Crippen LogP contribution in [-0.4, -0.2) is 129 Å². The van der Waals surface area contributed by atoms with Gasteiger partial charge in [0.25, 0.3) is 30.4 Å². The van der Waals surface area contributed by atoms with Gasteiger partial charge >= 0.3 is 0 Å². The normalized spacial score (nSPS) is 11.8. The van der Waals surface area contributed by atoms with E-state index < -0.39 is 45.9 Å². The van der Waals surface area contributed by atoms with Crippen LogP contribution in [0.4, 0.5) is 56.0 Å². The van der Waals surface area contributed by atoms with Crippen molar-refractivity contribution in [3.8, 4) is 57.7 Å². The number of thioether (sulfide) groups is 1. The lowest BCUT2D eigenvalue weighted by Crippen LogP contribution is -2.22. The van der Waals surface area contributed by atoms with E-state index in [1.54, 1.807) is 24.3 Å². The Kier molecular flexibility index (Phi) is 20.2. The third kappa shape index (κ3) is 14.7. The first-order chi connectivity index (χ1) is 39.5. The Labute approximate surface area is 489 Å². The van der Waals surface area contributed by atoms with E-state index in [1.165, 1.54) is 52.7 Å². The first kappa shape index (κ1) is 62.4. The second-order valence-electron chi connectivity index (χ2n) is 16.8. The van der Waals surface area contributed by atoms with Crippen LogP contribution in [0.3, 0.4) is 0 Å². The number of aromatic nitrogens is 5. The fraction of sp³-hybridized carbons (Fsp3) is 0.286. The minimum Gasteiger partial charge on any atom is -0.495 e.